The lowest BCUT2D eigenvalue weighted by atomic mass is 10.1. The Labute approximate surface area is 147 Å². The molecule has 0 atom stereocenters. The largest absolute Gasteiger partial charge is 0.348 e. The number of amides is 2. The number of carbonyl (C=O) groups excluding carboxylic acids is 2. The van der Waals surface area contributed by atoms with Gasteiger partial charge in [-0.15, -0.1) is 11.8 Å². The van der Waals surface area contributed by atoms with Gasteiger partial charge in [-0.1, -0.05) is 31.2 Å². The number of benzene rings is 2. The van der Waals surface area contributed by atoms with E-state index in [0.717, 1.165) is 17.0 Å². The second kappa shape index (κ2) is 8.55. The molecule has 2 rings (SSSR count). The highest BCUT2D eigenvalue weighted by molar-refractivity contribution is 8.00. The number of hydrogen-bond acceptors (Lipinski definition) is 3. The van der Waals surface area contributed by atoms with Crippen LogP contribution in [0.25, 0.3) is 0 Å². The molecule has 0 aliphatic rings. The van der Waals surface area contributed by atoms with Crippen LogP contribution in [-0.2, 0) is 11.2 Å². The molecule has 0 aromatic heterocycles. The number of rotatable bonds is 6. The molecule has 2 aromatic rings. The second-order valence-corrected chi connectivity index (χ2v) is 6.59. The van der Waals surface area contributed by atoms with Gasteiger partial charge in [0.2, 0.25) is 5.91 Å². The van der Waals surface area contributed by atoms with Crippen LogP contribution in [0.5, 0.6) is 0 Å². The summed E-state index contributed by atoms with van der Waals surface area (Å²) in [6.45, 7) is 2.09. The van der Waals surface area contributed by atoms with Crippen LogP contribution in [0.2, 0.25) is 0 Å². The van der Waals surface area contributed by atoms with E-state index in [2.05, 4.69) is 12.2 Å². The van der Waals surface area contributed by atoms with Gasteiger partial charge in [0, 0.05) is 24.7 Å². The van der Waals surface area contributed by atoms with Gasteiger partial charge in [0.05, 0.1) is 11.3 Å². The molecule has 4 nitrogen and oxygen atoms in total. The van der Waals surface area contributed by atoms with Crippen LogP contribution >= 0.6 is 11.8 Å². The molecule has 2 aromatic carbocycles. The van der Waals surface area contributed by atoms with E-state index in [1.165, 1.54) is 17.3 Å². The fraction of sp³-hybridized carbons (Fsp3) is 0.263. The van der Waals surface area contributed by atoms with Gasteiger partial charge in [0.1, 0.15) is 0 Å². The van der Waals surface area contributed by atoms with E-state index < -0.39 is 0 Å². The Morgan fingerprint density at radius 2 is 1.71 bits per heavy atom. The maximum Gasteiger partial charge on any atom is 0.256 e. The molecule has 0 bridgehead atoms. The summed E-state index contributed by atoms with van der Waals surface area (Å²) >= 11 is 1.38. The number of carbonyl (C=O) groups is 2. The lowest BCUT2D eigenvalue weighted by Crippen LogP contribution is -2.23. The Balaban J connectivity index is 2.09. The Morgan fingerprint density at radius 1 is 1.04 bits per heavy atom. The van der Waals surface area contributed by atoms with Crippen LogP contribution in [0.15, 0.2) is 53.4 Å². The number of nitrogens with zero attached hydrogens (tertiary/aromatic N) is 1. The Kier molecular flexibility index (Phi) is 6.44. The summed E-state index contributed by atoms with van der Waals surface area (Å²) in [6, 6.07) is 15.2. The summed E-state index contributed by atoms with van der Waals surface area (Å²) < 4.78 is 0. The zero-order valence-corrected chi connectivity index (χ0v) is 15.0. The predicted molar refractivity (Wildman–Crippen MR) is 99.6 cm³/mol. The van der Waals surface area contributed by atoms with Crippen LogP contribution < -0.4 is 5.32 Å². The normalized spacial score (nSPS) is 10.3. The minimum atomic E-state index is -0.167. The number of nitrogens with one attached hydrogen (secondary N) is 1. The van der Waals surface area contributed by atoms with Gasteiger partial charge in [0.15, 0.2) is 0 Å². The third-order valence-corrected chi connectivity index (χ3v) is 4.66. The Hall–Kier alpha value is -2.27. The molecule has 126 valence electrons. The van der Waals surface area contributed by atoms with Crippen molar-refractivity contribution < 1.29 is 9.59 Å². The molecule has 1 N–H and O–H groups in total. The van der Waals surface area contributed by atoms with Crippen molar-refractivity contribution in [2.24, 2.45) is 0 Å². The first-order valence-electron chi connectivity index (χ1n) is 7.83. The summed E-state index contributed by atoms with van der Waals surface area (Å²) in [7, 11) is 3.45. The first kappa shape index (κ1) is 18.1. The quantitative estimate of drug-likeness (QED) is 0.815. The van der Waals surface area contributed by atoms with Crippen molar-refractivity contribution in [3.05, 3.63) is 59.7 Å². The van der Waals surface area contributed by atoms with Crippen LogP contribution in [0, 0.1) is 0 Å². The SMILES string of the molecule is CCc1ccc(NC(=O)c2ccccc2SCC(=O)N(C)C)cc1. The van der Waals surface area contributed by atoms with Gasteiger partial charge in [-0.2, -0.15) is 0 Å². The van der Waals surface area contributed by atoms with Gasteiger partial charge in [-0.05, 0) is 36.2 Å². The first-order valence-corrected chi connectivity index (χ1v) is 8.82. The van der Waals surface area contributed by atoms with Crippen molar-refractivity contribution in [2.45, 2.75) is 18.2 Å². The van der Waals surface area contributed by atoms with Crippen molar-refractivity contribution in [1.29, 1.82) is 0 Å². The average molecular weight is 342 g/mol. The molecule has 0 aliphatic carbocycles. The lowest BCUT2D eigenvalue weighted by Gasteiger charge is -2.12. The monoisotopic (exact) mass is 342 g/mol. The summed E-state index contributed by atoms with van der Waals surface area (Å²) in [5.74, 6) is 0.160. The molecule has 0 fully saturated rings. The van der Waals surface area contributed by atoms with E-state index in [-0.39, 0.29) is 11.8 Å². The third-order valence-electron chi connectivity index (χ3n) is 3.60. The molecular weight excluding hydrogens is 320 g/mol. The minimum Gasteiger partial charge on any atom is -0.348 e. The lowest BCUT2D eigenvalue weighted by molar-refractivity contribution is -0.125. The fourth-order valence-electron chi connectivity index (χ4n) is 2.07. The number of aryl methyl sites for hydroxylation is 1. The smallest absolute Gasteiger partial charge is 0.256 e. The molecule has 0 spiro atoms. The molecular formula is C19H22N2O2S. The minimum absolute atomic E-state index is 0.0189. The van der Waals surface area contributed by atoms with Crippen molar-refractivity contribution in [3.8, 4) is 0 Å². The van der Waals surface area contributed by atoms with Crippen molar-refractivity contribution in [3.63, 3.8) is 0 Å². The third kappa shape index (κ3) is 4.86. The van der Waals surface area contributed by atoms with Gasteiger partial charge in [-0.25, -0.2) is 0 Å². The second-order valence-electron chi connectivity index (χ2n) is 5.58. The summed E-state index contributed by atoms with van der Waals surface area (Å²) in [4.78, 5) is 26.6. The maximum atomic E-state index is 12.5. The number of hydrogen-bond donors (Lipinski definition) is 1. The van der Waals surface area contributed by atoms with Crippen LogP contribution in [0.1, 0.15) is 22.8 Å². The van der Waals surface area contributed by atoms with Crippen LogP contribution in [0.3, 0.4) is 0 Å². The van der Waals surface area contributed by atoms with E-state index in [0.29, 0.717) is 11.3 Å². The van der Waals surface area contributed by atoms with Crippen LogP contribution in [0.4, 0.5) is 5.69 Å². The Morgan fingerprint density at radius 3 is 2.33 bits per heavy atom. The Bertz CT molecular complexity index is 712. The van der Waals surface area contributed by atoms with E-state index in [4.69, 9.17) is 0 Å². The molecule has 24 heavy (non-hydrogen) atoms. The van der Waals surface area contributed by atoms with E-state index >= 15 is 0 Å². The van der Waals surface area contributed by atoms with E-state index in [1.807, 2.05) is 42.5 Å². The van der Waals surface area contributed by atoms with Crippen molar-refractivity contribution >= 4 is 29.3 Å². The topological polar surface area (TPSA) is 49.4 Å². The standard InChI is InChI=1S/C19H22N2O2S/c1-4-14-9-11-15(12-10-14)20-19(23)16-7-5-6-8-17(16)24-13-18(22)21(2)3/h5-12H,4,13H2,1-3H3,(H,20,23). The first-order chi connectivity index (χ1) is 11.5. The molecule has 5 heteroatoms. The van der Waals surface area contributed by atoms with Crippen molar-refractivity contribution in [1.82, 2.24) is 4.90 Å². The summed E-state index contributed by atoms with van der Waals surface area (Å²) in [5.41, 5.74) is 2.57. The maximum absolute atomic E-state index is 12.5. The highest BCUT2D eigenvalue weighted by Gasteiger charge is 2.13. The zero-order valence-electron chi connectivity index (χ0n) is 14.2. The molecule has 0 radical (unpaired) electrons. The van der Waals surface area contributed by atoms with Gasteiger partial charge < -0.3 is 10.2 Å². The number of thioether (sulfide) groups is 1. The van der Waals surface area contributed by atoms with Crippen molar-refractivity contribution in [2.75, 3.05) is 25.2 Å². The highest BCUT2D eigenvalue weighted by atomic mass is 32.2. The fourth-order valence-corrected chi connectivity index (χ4v) is 3.10. The highest BCUT2D eigenvalue weighted by Crippen LogP contribution is 2.24. The molecule has 2 amide bonds. The predicted octanol–water partition coefficient (Wildman–Crippen LogP) is 3.68. The molecule has 0 saturated heterocycles. The van der Waals surface area contributed by atoms with Crippen LogP contribution in [-0.4, -0.2) is 36.6 Å². The molecule has 0 saturated carbocycles. The summed E-state index contributed by atoms with van der Waals surface area (Å²) in [5, 5.41) is 2.91. The van der Waals surface area contributed by atoms with E-state index in [9.17, 15) is 9.59 Å². The number of anilines is 1. The summed E-state index contributed by atoms with van der Waals surface area (Å²) in [6.07, 6.45) is 0.966. The van der Waals surface area contributed by atoms with Gasteiger partial charge >= 0.3 is 0 Å². The van der Waals surface area contributed by atoms with E-state index in [1.54, 1.807) is 25.1 Å². The zero-order chi connectivity index (χ0) is 17.5. The van der Waals surface area contributed by atoms with Gasteiger partial charge in [0.25, 0.3) is 5.91 Å². The average Bonchev–Trinajstić information content (AvgIpc) is 2.60. The molecule has 0 unspecified atom stereocenters. The molecule has 0 heterocycles. The van der Waals surface area contributed by atoms with Gasteiger partial charge in [-0.3, -0.25) is 9.59 Å². The molecule has 0 aliphatic heterocycles.